The van der Waals surface area contributed by atoms with Crippen LogP contribution in [0, 0.1) is 6.92 Å². The third kappa shape index (κ3) is 6.28. The van der Waals surface area contributed by atoms with Crippen LogP contribution in [0.15, 0.2) is 66.7 Å². The third-order valence-electron chi connectivity index (χ3n) is 6.15. The maximum absolute atomic E-state index is 12.6. The van der Waals surface area contributed by atoms with Gasteiger partial charge in [0.15, 0.2) is 0 Å². The van der Waals surface area contributed by atoms with Crippen molar-refractivity contribution in [3.63, 3.8) is 0 Å². The highest BCUT2D eigenvalue weighted by molar-refractivity contribution is 6.36. The molecule has 1 amide bonds. The Morgan fingerprint density at radius 2 is 1.83 bits per heavy atom. The Bertz CT molecular complexity index is 1370. The van der Waals surface area contributed by atoms with E-state index in [1.54, 1.807) is 0 Å². The zero-order chi connectivity index (χ0) is 25.7. The van der Waals surface area contributed by atoms with Gasteiger partial charge < -0.3 is 15.8 Å². The molecule has 0 spiro atoms. The number of para-hydroxylation sites is 1. The van der Waals surface area contributed by atoms with E-state index in [9.17, 15) is 4.79 Å². The number of rotatable bonds is 9. The number of hydrogen-bond acceptors (Lipinski definition) is 4. The quantitative estimate of drug-likeness (QED) is 0.235. The Balaban J connectivity index is 1.40. The zero-order valence-corrected chi connectivity index (χ0v) is 21.9. The number of anilines is 1. The van der Waals surface area contributed by atoms with Crippen molar-refractivity contribution in [3.8, 4) is 5.75 Å². The first-order valence-corrected chi connectivity index (χ1v) is 12.6. The fourth-order valence-electron chi connectivity index (χ4n) is 4.10. The van der Waals surface area contributed by atoms with Gasteiger partial charge in [0.2, 0.25) is 5.91 Å². The Kier molecular flexibility index (Phi) is 8.34. The molecule has 4 rings (SSSR count). The minimum Gasteiger partial charge on any atom is -0.487 e. The maximum Gasteiger partial charge on any atom is 0.220 e. The number of aryl methyl sites for hydroxylation is 1. The van der Waals surface area contributed by atoms with Gasteiger partial charge in [-0.2, -0.15) is 0 Å². The number of pyridine rings is 1. The second kappa shape index (κ2) is 11.6. The number of carbonyl (C=O) groups excluding carboxylic acids is 1. The molecule has 186 valence electrons. The lowest BCUT2D eigenvalue weighted by molar-refractivity contribution is -0.121. The van der Waals surface area contributed by atoms with Crippen molar-refractivity contribution in [3.05, 3.63) is 99.2 Å². The topological polar surface area (TPSA) is 77.2 Å². The van der Waals surface area contributed by atoms with Gasteiger partial charge in [-0.3, -0.25) is 4.79 Å². The van der Waals surface area contributed by atoms with E-state index in [4.69, 9.17) is 33.7 Å². The Morgan fingerprint density at radius 1 is 1.06 bits per heavy atom. The number of fused-ring (bicyclic) bond motifs is 1. The number of halogens is 2. The summed E-state index contributed by atoms with van der Waals surface area (Å²) >= 11 is 13.3. The number of carbonyl (C=O) groups is 1. The molecular formula is C29H29Cl2N3O2. The van der Waals surface area contributed by atoms with Crippen LogP contribution in [0.1, 0.15) is 41.6 Å². The molecule has 7 heteroatoms. The average molecular weight is 522 g/mol. The number of nitrogen functional groups attached to an aromatic ring is 1. The number of amides is 1. The lowest BCUT2D eigenvalue weighted by atomic mass is 9.95. The summed E-state index contributed by atoms with van der Waals surface area (Å²) in [7, 11) is 0. The van der Waals surface area contributed by atoms with Gasteiger partial charge in [-0.1, -0.05) is 66.5 Å². The predicted octanol–water partition coefficient (Wildman–Crippen LogP) is 6.86. The molecule has 3 aromatic carbocycles. The van der Waals surface area contributed by atoms with Crippen molar-refractivity contribution in [2.24, 2.45) is 0 Å². The van der Waals surface area contributed by atoms with Crippen LogP contribution in [-0.4, -0.2) is 17.4 Å². The zero-order valence-electron chi connectivity index (χ0n) is 20.4. The van der Waals surface area contributed by atoms with Gasteiger partial charge in [0.05, 0.1) is 5.02 Å². The van der Waals surface area contributed by atoms with E-state index in [1.807, 2.05) is 80.6 Å². The predicted molar refractivity (Wildman–Crippen MR) is 148 cm³/mol. The molecule has 4 aromatic rings. The van der Waals surface area contributed by atoms with Crippen molar-refractivity contribution in [1.82, 2.24) is 10.3 Å². The molecule has 0 saturated carbocycles. The normalized spacial score (nSPS) is 11.9. The van der Waals surface area contributed by atoms with E-state index >= 15 is 0 Å². The van der Waals surface area contributed by atoms with Crippen molar-refractivity contribution in [2.75, 3.05) is 12.3 Å². The largest absolute Gasteiger partial charge is 0.487 e. The summed E-state index contributed by atoms with van der Waals surface area (Å²) in [5.74, 6) is 0.549. The van der Waals surface area contributed by atoms with Crippen LogP contribution < -0.4 is 15.8 Å². The van der Waals surface area contributed by atoms with Gasteiger partial charge in [0.25, 0.3) is 0 Å². The molecule has 0 saturated heterocycles. The fourth-order valence-corrected chi connectivity index (χ4v) is 4.77. The first-order valence-electron chi connectivity index (χ1n) is 11.9. The number of nitrogens with zero attached hydrogens (tertiary/aromatic N) is 1. The number of ether oxygens (including phenoxy) is 1. The number of nitrogens with one attached hydrogen (secondary N) is 1. The summed E-state index contributed by atoms with van der Waals surface area (Å²) < 4.78 is 6.12. The summed E-state index contributed by atoms with van der Waals surface area (Å²) in [4.78, 5) is 17.2. The van der Waals surface area contributed by atoms with Gasteiger partial charge in [0.1, 0.15) is 17.9 Å². The second-order valence-corrected chi connectivity index (χ2v) is 9.73. The average Bonchev–Trinajstić information content (AvgIpc) is 2.85. The highest BCUT2D eigenvalue weighted by atomic mass is 35.5. The van der Waals surface area contributed by atoms with Gasteiger partial charge >= 0.3 is 0 Å². The van der Waals surface area contributed by atoms with E-state index in [-0.39, 0.29) is 18.4 Å². The van der Waals surface area contributed by atoms with E-state index in [1.165, 1.54) is 0 Å². The standard InChI is InChI=1S/C29H29Cl2N3O2/c1-18(16-27(35)33-15-14-20-7-10-22(32)11-8-20)23-12-13-25(30)24(28(23)31)17-36-26-5-3-4-21-9-6-19(2)34-29(21)26/h3-13,18H,14-17,32H2,1-2H3,(H,33,35). The molecule has 0 aliphatic carbocycles. The number of aromatic nitrogens is 1. The first-order chi connectivity index (χ1) is 17.3. The van der Waals surface area contributed by atoms with Crippen molar-refractivity contribution in [1.29, 1.82) is 0 Å². The van der Waals surface area contributed by atoms with Crippen LogP contribution in [0.2, 0.25) is 10.0 Å². The van der Waals surface area contributed by atoms with Crippen LogP contribution >= 0.6 is 23.2 Å². The van der Waals surface area contributed by atoms with Crippen LogP contribution in [0.4, 0.5) is 5.69 Å². The third-order valence-corrected chi connectivity index (χ3v) is 6.95. The Morgan fingerprint density at radius 3 is 2.61 bits per heavy atom. The van der Waals surface area contributed by atoms with E-state index < -0.39 is 0 Å². The minimum atomic E-state index is -0.0908. The minimum absolute atomic E-state index is 0.0287. The Labute approximate surface area is 221 Å². The Hall–Kier alpha value is -3.28. The summed E-state index contributed by atoms with van der Waals surface area (Å²) in [5, 5.41) is 5.03. The molecule has 1 atom stereocenters. The summed E-state index contributed by atoms with van der Waals surface area (Å²) in [6.07, 6.45) is 1.06. The van der Waals surface area contributed by atoms with Crippen LogP contribution in [-0.2, 0) is 17.8 Å². The van der Waals surface area contributed by atoms with E-state index in [2.05, 4.69) is 10.3 Å². The van der Waals surface area contributed by atoms with Crippen molar-refractivity contribution >= 4 is 45.7 Å². The number of benzene rings is 3. The summed E-state index contributed by atoms with van der Waals surface area (Å²) in [6, 6.07) is 21.2. The molecule has 3 N–H and O–H groups in total. The maximum atomic E-state index is 12.6. The van der Waals surface area contributed by atoms with Crippen molar-refractivity contribution < 1.29 is 9.53 Å². The molecule has 0 aliphatic heterocycles. The number of nitrogens with two attached hydrogens (primary N) is 1. The fraction of sp³-hybridized carbons (Fsp3) is 0.241. The molecule has 0 fully saturated rings. The molecule has 0 aliphatic rings. The van der Waals surface area contributed by atoms with Crippen molar-refractivity contribution in [2.45, 2.75) is 39.2 Å². The molecular weight excluding hydrogens is 493 g/mol. The number of hydrogen-bond donors (Lipinski definition) is 2. The highest BCUT2D eigenvalue weighted by Gasteiger charge is 2.19. The monoisotopic (exact) mass is 521 g/mol. The summed E-state index contributed by atoms with van der Waals surface area (Å²) in [6.45, 7) is 4.68. The lowest BCUT2D eigenvalue weighted by Gasteiger charge is -2.18. The van der Waals surface area contributed by atoms with Gasteiger partial charge in [0, 0.05) is 40.3 Å². The first kappa shape index (κ1) is 25.8. The van der Waals surface area contributed by atoms with Crippen LogP contribution in [0.25, 0.3) is 10.9 Å². The van der Waals surface area contributed by atoms with Crippen LogP contribution in [0.3, 0.4) is 0 Å². The lowest BCUT2D eigenvalue weighted by Crippen LogP contribution is -2.26. The molecule has 0 bridgehead atoms. The molecule has 1 unspecified atom stereocenters. The molecule has 36 heavy (non-hydrogen) atoms. The molecule has 5 nitrogen and oxygen atoms in total. The highest BCUT2D eigenvalue weighted by Crippen LogP contribution is 2.35. The molecule has 1 heterocycles. The smallest absolute Gasteiger partial charge is 0.220 e. The SMILES string of the molecule is Cc1ccc2cccc(OCc3c(Cl)ccc(C(C)CC(=O)NCCc4ccc(N)cc4)c3Cl)c2n1. The summed E-state index contributed by atoms with van der Waals surface area (Å²) in [5.41, 5.74) is 10.8. The van der Waals surface area contributed by atoms with E-state index in [0.717, 1.165) is 39.8 Å². The molecule has 0 radical (unpaired) electrons. The van der Waals surface area contributed by atoms with Gasteiger partial charge in [-0.25, -0.2) is 4.98 Å². The second-order valence-electron chi connectivity index (χ2n) is 8.95. The van der Waals surface area contributed by atoms with E-state index in [0.29, 0.717) is 34.3 Å². The van der Waals surface area contributed by atoms with Gasteiger partial charge in [-0.15, -0.1) is 0 Å². The van der Waals surface area contributed by atoms with Crippen LogP contribution in [0.5, 0.6) is 5.75 Å². The van der Waals surface area contributed by atoms with Gasteiger partial charge in [-0.05, 0) is 60.7 Å². The molecule has 1 aromatic heterocycles.